The maximum absolute atomic E-state index is 11.9. The van der Waals surface area contributed by atoms with E-state index in [2.05, 4.69) is 6.92 Å². The van der Waals surface area contributed by atoms with E-state index in [4.69, 9.17) is 15.3 Å². The van der Waals surface area contributed by atoms with Crippen molar-refractivity contribution in [2.75, 3.05) is 13.4 Å². The van der Waals surface area contributed by atoms with Crippen molar-refractivity contribution in [1.82, 2.24) is 0 Å². The minimum atomic E-state index is -0.660. The van der Waals surface area contributed by atoms with E-state index in [1.165, 1.54) is 18.9 Å². The van der Waals surface area contributed by atoms with Crippen molar-refractivity contribution in [3.63, 3.8) is 0 Å². The summed E-state index contributed by atoms with van der Waals surface area (Å²) in [5.74, 6) is -0.559. The van der Waals surface area contributed by atoms with Gasteiger partial charge in [0.25, 0.3) is 0 Å². The van der Waals surface area contributed by atoms with Gasteiger partial charge >= 0.3 is 5.97 Å². The van der Waals surface area contributed by atoms with Gasteiger partial charge in [-0.15, -0.1) is 11.8 Å². The van der Waals surface area contributed by atoms with Crippen LogP contribution in [0.4, 0.5) is 0 Å². The summed E-state index contributed by atoms with van der Waals surface area (Å²) < 4.78 is 4.69. The molecular weight excluding hydrogens is 298 g/mol. The number of hydrogen-bond acceptors (Lipinski definition) is 6. The molecule has 1 aliphatic rings. The van der Waals surface area contributed by atoms with E-state index in [0.29, 0.717) is 29.2 Å². The summed E-state index contributed by atoms with van der Waals surface area (Å²) in [6, 6.07) is 5.75. The number of carbonyl (C=O) groups is 1. The third kappa shape index (κ3) is 3.70. The first-order valence-electron chi connectivity index (χ1n) is 6.83. The molecule has 0 bridgehead atoms. The Labute approximate surface area is 134 Å². The highest BCUT2D eigenvalue weighted by molar-refractivity contribution is 8.02. The molecule has 5 nitrogen and oxygen atoms in total. The van der Waals surface area contributed by atoms with Crippen molar-refractivity contribution in [2.45, 2.75) is 26.2 Å². The van der Waals surface area contributed by atoms with Crippen molar-refractivity contribution >= 4 is 17.7 Å². The fourth-order valence-corrected chi connectivity index (χ4v) is 3.56. The van der Waals surface area contributed by atoms with Crippen LogP contribution in [-0.2, 0) is 9.53 Å². The Morgan fingerprint density at radius 2 is 1.86 bits per heavy atom. The Morgan fingerprint density at radius 1 is 1.23 bits per heavy atom. The van der Waals surface area contributed by atoms with E-state index in [9.17, 15) is 10.1 Å². The van der Waals surface area contributed by atoms with E-state index >= 15 is 0 Å². The standard InChI is InChI=1S/C16H17N3O2S/c1-10-4-5-12(15(22-3)11(7-17)8-18)13(6-10)14(9-19)16(20)21-2/h10,12H,4-6H2,1-3H3. The number of methoxy groups -OCH3 is 1. The van der Waals surface area contributed by atoms with Crippen molar-refractivity contribution < 1.29 is 9.53 Å². The van der Waals surface area contributed by atoms with Crippen molar-refractivity contribution in [3.05, 3.63) is 21.6 Å². The number of carbonyl (C=O) groups excluding carboxylic acids is 1. The SMILES string of the molecule is COC(=O)C(C#N)=C1CC(C)CCC1C(SC)=C(C#N)C#N. The minimum Gasteiger partial charge on any atom is -0.465 e. The van der Waals surface area contributed by atoms with Crippen LogP contribution in [0.1, 0.15) is 26.2 Å². The van der Waals surface area contributed by atoms with Gasteiger partial charge in [-0.2, -0.15) is 15.8 Å². The second-order valence-corrected chi connectivity index (χ2v) is 5.96. The molecule has 6 heteroatoms. The molecule has 0 spiro atoms. The molecule has 0 N–H and O–H groups in total. The van der Waals surface area contributed by atoms with E-state index in [1.807, 2.05) is 18.2 Å². The summed E-state index contributed by atoms with van der Waals surface area (Å²) in [7, 11) is 1.24. The normalized spacial score (nSPS) is 22.5. The molecule has 0 radical (unpaired) electrons. The smallest absolute Gasteiger partial charge is 0.348 e. The Balaban J connectivity index is 3.51. The quantitative estimate of drug-likeness (QED) is 0.451. The van der Waals surface area contributed by atoms with Gasteiger partial charge in [-0.25, -0.2) is 4.79 Å². The topological polar surface area (TPSA) is 97.7 Å². The summed E-state index contributed by atoms with van der Waals surface area (Å²) in [5, 5.41) is 27.6. The maximum atomic E-state index is 11.9. The third-order valence-corrected chi connectivity index (χ3v) is 4.69. The van der Waals surface area contributed by atoms with Crippen molar-refractivity contribution in [1.29, 1.82) is 15.8 Å². The number of thioether (sulfide) groups is 1. The van der Waals surface area contributed by atoms with Crippen LogP contribution >= 0.6 is 11.8 Å². The van der Waals surface area contributed by atoms with E-state index < -0.39 is 5.97 Å². The first kappa shape index (κ1) is 17.8. The molecule has 0 heterocycles. The first-order chi connectivity index (χ1) is 10.5. The van der Waals surface area contributed by atoms with Gasteiger partial charge in [0.15, 0.2) is 0 Å². The largest absolute Gasteiger partial charge is 0.465 e. The first-order valence-corrected chi connectivity index (χ1v) is 8.06. The Bertz CT molecular complexity index is 628. The fourth-order valence-electron chi connectivity index (χ4n) is 2.72. The van der Waals surface area contributed by atoms with Gasteiger partial charge in [-0.1, -0.05) is 6.92 Å². The minimum absolute atomic E-state index is 0.000768. The van der Waals surface area contributed by atoms with Gasteiger partial charge < -0.3 is 4.74 Å². The number of rotatable bonds is 3. The highest BCUT2D eigenvalue weighted by Crippen LogP contribution is 2.43. The molecule has 22 heavy (non-hydrogen) atoms. The highest BCUT2D eigenvalue weighted by atomic mass is 32.2. The Morgan fingerprint density at radius 3 is 2.32 bits per heavy atom. The van der Waals surface area contributed by atoms with Gasteiger partial charge in [-0.3, -0.25) is 0 Å². The van der Waals surface area contributed by atoms with E-state index in [0.717, 1.165) is 6.42 Å². The van der Waals surface area contributed by atoms with Crippen LogP contribution in [0.25, 0.3) is 0 Å². The molecule has 1 aliphatic carbocycles. The molecule has 2 atom stereocenters. The van der Waals surface area contributed by atoms with Crippen LogP contribution in [-0.4, -0.2) is 19.3 Å². The lowest BCUT2D eigenvalue weighted by Crippen LogP contribution is -2.21. The summed E-state index contributed by atoms with van der Waals surface area (Å²) in [6.07, 6.45) is 4.02. The summed E-state index contributed by atoms with van der Waals surface area (Å²) in [6.45, 7) is 2.06. The zero-order valence-electron chi connectivity index (χ0n) is 12.8. The predicted octanol–water partition coefficient (Wildman–Crippen LogP) is 3.08. The molecule has 0 amide bonds. The Hall–Kier alpha value is -2.23. The number of nitriles is 3. The van der Waals surface area contributed by atoms with Gasteiger partial charge in [0.2, 0.25) is 0 Å². The van der Waals surface area contributed by atoms with Crippen LogP contribution in [0.3, 0.4) is 0 Å². The summed E-state index contributed by atoms with van der Waals surface area (Å²) in [5.41, 5.74) is 0.730. The van der Waals surface area contributed by atoms with Crippen LogP contribution < -0.4 is 0 Å². The molecule has 0 aliphatic heterocycles. The van der Waals surface area contributed by atoms with Crippen LogP contribution in [0.15, 0.2) is 21.6 Å². The average Bonchev–Trinajstić information content (AvgIpc) is 2.53. The molecule has 1 saturated carbocycles. The average molecular weight is 315 g/mol. The molecule has 0 aromatic carbocycles. The molecular formula is C16H17N3O2S. The summed E-state index contributed by atoms with van der Waals surface area (Å²) in [4.78, 5) is 12.5. The van der Waals surface area contributed by atoms with E-state index in [-0.39, 0.29) is 17.1 Å². The number of allylic oxidation sites excluding steroid dienone is 3. The Kier molecular flexibility index (Phi) is 6.70. The molecule has 1 rings (SSSR count). The van der Waals surface area contributed by atoms with Crippen molar-refractivity contribution in [3.8, 4) is 18.2 Å². The molecule has 114 valence electrons. The predicted molar refractivity (Wildman–Crippen MR) is 82.9 cm³/mol. The second-order valence-electron chi connectivity index (χ2n) is 5.11. The number of ether oxygens (including phenoxy) is 1. The van der Waals surface area contributed by atoms with Crippen LogP contribution in [0.2, 0.25) is 0 Å². The molecule has 0 aromatic rings. The maximum Gasteiger partial charge on any atom is 0.348 e. The zero-order valence-corrected chi connectivity index (χ0v) is 13.7. The van der Waals surface area contributed by atoms with Crippen molar-refractivity contribution in [2.24, 2.45) is 11.8 Å². The zero-order chi connectivity index (χ0) is 16.7. The van der Waals surface area contributed by atoms with Gasteiger partial charge in [0.05, 0.1) is 7.11 Å². The highest BCUT2D eigenvalue weighted by Gasteiger charge is 2.32. The van der Waals surface area contributed by atoms with Gasteiger partial charge in [-0.05, 0) is 37.0 Å². The second kappa shape index (κ2) is 8.27. The fraction of sp³-hybridized carbons (Fsp3) is 0.500. The van der Waals surface area contributed by atoms with Gasteiger partial charge in [0, 0.05) is 10.8 Å². The number of nitrogens with zero attached hydrogens (tertiary/aromatic N) is 3. The van der Waals surface area contributed by atoms with Crippen LogP contribution in [0, 0.1) is 45.8 Å². The molecule has 0 saturated heterocycles. The molecule has 0 aromatic heterocycles. The number of hydrogen-bond donors (Lipinski definition) is 0. The van der Waals surface area contributed by atoms with E-state index in [1.54, 1.807) is 6.26 Å². The van der Waals surface area contributed by atoms with Gasteiger partial charge in [0.1, 0.15) is 29.4 Å². The third-order valence-electron chi connectivity index (χ3n) is 3.77. The molecule has 1 fully saturated rings. The summed E-state index contributed by atoms with van der Waals surface area (Å²) >= 11 is 1.32. The van der Waals surface area contributed by atoms with Crippen LogP contribution in [0.5, 0.6) is 0 Å². The molecule has 2 unspecified atom stereocenters. The lowest BCUT2D eigenvalue weighted by molar-refractivity contribution is -0.135. The monoisotopic (exact) mass is 315 g/mol. The lowest BCUT2D eigenvalue weighted by atomic mass is 9.76. The number of esters is 1. The lowest BCUT2D eigenvalue weighted by Gasteiger charge is -2.31.